The lowest BCUT2D eigenvalue weighted by Crippen LogP contribution is -2.47. The van der Waals surface area contributed by atoms with Gasteiger partial charge in [-0.2, -0.15) is 4.31 Å². The van der Waals surface area contributed by atoms with Crippen LogP contribution in [-0.2, 0) is 14.8 Å². The Morgan fingerprint density at radius 3 is 2.25 bits per heavy atom. The van der Waals surface area contributed by atoms with E-state index in [1.54, 1.807) is 0 Å². The molecule has 2 aliphatic rings. The van der Waals surface area contributed by atoms with Gasteiger partial charge >= 0.3 is 0 Å². The Morgan fingerprint density at radius 2 is 1.68 bits per heavy atom. The van der Waals surface area contributed by atoms with Crippen molar-refractivity contribution in [2.24, 2.45) is 11.8 Å². The first-order chi connectivity index (χ1) is 13.2. The van der Waals surface area contributed by atoms with E-state index in [4.69, 9.17) is 0 Å². The molecular weight excluding hydrogens is 376 g/mol. The lowest BCUT2D eigenvalue weighted by molar-refractivity contribution is -0.138. The minimum atomic E-state index is -3.55. The third-order valence-corrected chi connectivity index (χ3v) is 8.30. The van der Waals surface area contributed by atoms with Crippen LogP contribution in [0, 0.1) is 32.6 Å². The molecule has 0 bridgehead atoms. The van der Waals surface area contributed by atoms with Crippen LogP contribution in [0.5, 0.6) is 0 Å². The van der Waals surface area contributed by atoms with Crippen LogP contribution in [0.1, 0.15) is 42.4 Å². The van der Waals surface area contributed by atoms with Crippen molar-refractivity contribution in [3.8, 4) is 0 Å². The summed E-state index contributed by atoms with van der Waals surface area (Å²) in [5, 5.41) is 9.38. The maximum atomic E-state index is 13.2. The summed E-state index contributed by atoms with van der Waals surface area (Å²) in [4.78, 5) is 15.1. The second-order valence-electron chi connectivity index (χ2n) is 8.38. The molecule has 0 aromatic heterocycles. The summed E-state index contributed by atoms with van der Waals surface area (Å²) in [5.74, 6) is 0.174. The molecule has 2 saturated heterocycles. The largest absolute Gasteiger partial charge is 0.396 e. The maximum absolute atomic E-state index is 13.2. The zero-order valence-corrected chi connectivity index (χ0v) is 18.0. The molecule has 28 heavy (non-hydrogen) atoms. The second-order valence-corrected chi connectivity index (χ2v) is 10.3. The van der Waals surface area contributed by atoms with Gasteiger partial charge in [-0.05, 0) is 63.5 Å². The molecule has 6 nitrogen and oxygen atoms in total. The quantitative estimate of drug-likeness (QED) is 0.829. The lowest BCUT2D eigenvalue weighted by Gasteiger charge is -2.37. The smallest absolute Gasteiger partial charge is 0.243 e. The first kappa shape index (κ1) is 21.3. The molecule has 1 aromatic rings. The van der Waals surface area contributed by atoms with E-state index in [1.807, 2.05) is 37.8 Å². The Kier molecular flexibility index (Phi) is 6.47. The van der Waals surface area contributed by atoms with Gasteiger partial charge in [0.2, 0.25) is 15.9 Å². The molecule has 3 rings (SSSR count). The van der Waals surface area contributed by atoms with Gasteiger partial charge in [0.05, 0.1) is 4.90 Å². The predicted octanol–water partition coefficient (Wildman–Crippen LogP) is 2.24. The number of carbonyl (C=O) groups excluding carboxylic acids is 1. The van der Waals surface area contributed by atoms with E-state index in [0.29, 0.717) is 37.4 Å². The van der Waals surface area contributed by atoms with Crippen molar-refractivity contribution in [1.82, 2.24) is 9.21 Å². The molecule has 2 heterocycles. The molecule has 1 atom stereocenters. The molecule has 1 amide bonds. The highest BCUT2D eigenvalue weighted by atomic mass is 32.2. The SMILES string of the molecule is Cc1cc(C)c(S(=O)(=O)N2CCC(C(=O)N3CCCC(CO)C3)CC2)c(C)c1. The highest BCUT2D eigenvalue weighted by Gasteiger charge is 2.36. The molecule has 156 valence electrons. The normalized spacial score (nSPS) is 22.4. The summed E-state index contributed by atoms with van der Waals surface area (Å²) in [6.07, 6.45) is 3.01. The van der Waals surface area contributed by atoms with E-state index in [9.17, 15) is 18.3 Å². The van der Waals surface area contributed by atoms with Gasteiger partial charge in [-0.1, -0.05) is 17.7 Å². The van der Waals surface area contributed by atoms with Crippen LogP contribution < -0.4 is 0 Å². The van der Waals surface area contributed by atoms with E-state index < -0.39 is 10.0 Å². The summed E-state index contributed by atoms with van der Waals surface area (Å²) >= 11 is 0. The van der Waals surface area contributed by atoms with Crippen LogP contribution in [0.25, 0.3) is 0 Å². The van der Waals surface area contributed by atoms with Gasteiger partial charge in [0.15, 0.2) is 0 Å². The Bertz CT molecular complexity index is 806. The molecule has 1 N–H and O–H groups in total. The van der Waals surface area contributed by atoms with Gasteiger partial charge < -0.3 is 10.0 Å². The summed E-state index contributed by atoms with van der Waals surface area (Å²) in [6.45, 7) is 7.90. The first-order valence-corrected chi connectivity index (χ1v) is 11.7. The van der Waals surface area contributed by atoms with Gasteiger partial charge in [-0.25, -0.2) is 8.42 Å². The van der Waals surface area contributed by atoms with Gasteiger partial charge in [-0.3, -0.25) is 4.79 Å². The fourth-order valence-electron chi connectivity index (χ4n) is 4.72. The molecule has 7 heteroatoms. The number of hydrogen-bond acceptors (Lipinski definition) is 4. The van der Waals surface area contributed by atoms with Crippen molar-refractivity contribution in [3.05, 3.63) is 28.8 Å². The summed E-state index contributed by atoms with van der Waals surface area (Å²) in [6, 6.07) is 3.81. The number of amides is 1. The number of rotatable bonds is 4. The second kappa shape index (κ2) is 8.51. The van der Waals surface area contributed by atoms with Crippen molar-refractivity contribution in [3.63, 3.8) is 0 Å². The van der Waals surface area contributed by atoms with Crippen molar-refractivity contribution >= 4 is 15.9 Å². The standard InChI is InChI=1S/C21H32N2O4S/c1-15-11-16(2)20(17(3)12-15)28(26,27)23-9-6-19(7-10-23)21(25)22-8-4-5-18(13-22)14-24/h11-12,18-19,24H,4-10,13-14H2,1-3H3. The number of likely N-dealkylation sites (tertiary alicyclic amines) is 1. The Hall–Kier alpha value is -1.44. The zero-order valence-electron chi connectivity index (χ0n) is 17.1. The third kappa shape index (κ3) is 4.26. The molecule has 1 unspecified atom stereocenters. The first-order valence-electron chi connectivity index (χ1n) is 10.2. The topological polar surface area (TPSA) is 77.9 Å². The number of sulfonamides is 1. The number of hydrogen-bond donors (Lipinski definition) is 1. The van der Waals surface area contributed by atoms with Crippen LogP contribution in [0.2, 0.25) is 0 Å². The molecule has 0 saturated carbocycles. The Balaban J connectivity index is 1.67. The van der Waals surface area contributed by atoms with Gasteiger partial charge in [0.1, 0.15) is 0 Å². The van der Waals surface area contributed by atoms with Crippen molar-refractivity contribution < 1.29 is 18.3 Å². The van der Waals surface area contributed by atoms with Gasteiger partial charge in [0.25, 0.3) is 0 Å². The average molecular weight is 409 g/mol. The highest BCUT2D eigenvalue weighted by Crippen LogP contribution is 2.30. The van der Waals surface area contributed by atoms with Crippen LogP contribution >= 0.6 is 0 Å². The summed E-state index contributed by atoms with van der Waals surface area (Å²) in [7, 11) is -3.55. The van der Waals surface area contributed by atoms with Crippen molar-refractivity contribution in [2.45, 2.75) is 51.3 Å². The number of nitrogens with zero attached hydrogens (tertiary/aromatic N) is 2. The van der Waals surface area contributed by atoms with E-state index in [1.165, 1.54) is 4.31 Å². The fourth-order valence-corrected chi connectivity index (χ4v) is 6.60. The number of carbonyl (C=O) groups is 1. The molecule has 1 aromatic carbocycles. The maximum Gasteiger partial charge on any atom is 0.243 e. The molecule has 0 spiro atoms. The third-order valence-electron chi connectivity index (χ3n) is 6.09. The van der Waals surface area contributed by atoms with Crippen molar-refractivity contribution in [1.29, 1.82) is 0 Å². The number of aliphatic hydroxyl groups is 1. The minimum Gasteiger partial charge on any atom is -0.396 e. The van der Waals surface area contributed by atoms with Crippen LogP contribution in [0.15, 0.2) is 17.0 Å². The van der Waals surface area contributed by atoms with Gasteiger partial charge in [-0.15, -0.1) is 0 Å². The van der Waals surface area contributed by atoms with E-state index in [-0.39, 0.29) is 24.3 Å². The predicted molar refractivity (Wildman–Crippen MR) is 109 cm³/mol. The molecule has 2 fully saturated rings. The summed E-state index contributed by atoms with van der Waals surface area (Å²) in [5.41, 5.74) is 2.61. The molecular formula is C21H32N2O4S. The highest BCUT2D eigenvalue weighted by molar-refractivity contribution is 7.89. The number of piperidine rings is 2. The molecule has 0 aliphatic carbocycles. The van der Waals surface area contributed by atoms with E-state index >= 15 is 0 Å². The molecule has 0 radical (unpaired) electrons. The Labute approximate surface area is 168 Å². The Morgan fingerprint density at radius 1 is 1.07 bits per heavy atom. The molecule has 2 aliphatic heterocycles. The minimum absolute atomic E-state index is 0.121. The average Bonchev–Trinajstić information content (AvgIpc) is 2.66. The van der Waals surface area contributed by atoms with Crippen molar-refractivity contribution in [2.75, 3.05) is 32.8 Å². The number of aryl methyl sites for hydroxylation is 3. The fraction of sp³-hybridized carbons (Fsp3) is 0.667. The zero-order chi connectivity index (χ0) is 20.5. The van der Waals surface area contributed by atoms with E-state index in [0.717, 1.165) is 36.1 Å². The summed E-state index contributed by atoms with van der Waals surface area (Å²) < 4.78 is 27.9. The van der Waals surface area contributed by atoms with Crippen LogP contribution in [0.4, 0.5) is 0 Å². The van der Waals surface area contributed by atoms with Gasteiger partial charge in [0, 0.05) is 38.7 Å². The number of benzene rings is 1. The van der Waals surface area contributed by atoms with E-state index in [2.05, 4.69) is 0 Å². The number of aliphatic hydroxyl groups excluding tert-OH is 1. The van der Waals surface area contributed by atoms with Crippen LogP contribution in [0.3, 0.4) is 0 Å². The lowest BCUT2D eigenvalue weighted by atomic mass is 9.93. The monoisotopic (exact) mass is 408 g/mol. The van der Waals surface area contributed by atoms with Crippen LogP contribution in [-0.4, -0.2) is 61.4 Å².